The van der Waals surface area contributed by atoms with Crippen molar-refractivity contribution in [1.82, 2.24) is 4.90 Å². The zero-order chi connectivity index (χ0) is 23.5. The molecule has 0 bridgehead atoms. The molecule has 3 aromatic carbocycles. The maximum Gasteiger partial charge on any atom is 0.293 e. The Morgan fingerprint density at radius 1 is 0.939 bits per heavy atom. The fourth-order valence-corrected chi connectivity index (χ4v) is 5.18. The molecule has 0 N–H and O–H groups in total. The highest BCUT2D eigenvalue weighted by Gasteiger charge is 2.35. The molecule has 9 heteroatoms. The van der Waals surface area contributed by atoms with Gasteiger partial charge in [-0.25, -0.2) is 0 Å². The van der Waals surface area contributed by atoms with Gasteiger partial charge >= 0.3 is 0 Å². The first-order valence-corrected chi connectivity index (χ1v) is 12.4. The van der Waals surface area contributed by atoms with E-state index in [-0.39, 0.29) is 11.8 Å². The molecule has 4 rings (SSSR count). The van der Waals surface area contributed by atoms with Crippen molar-refractivity contribution >= 4 is 79.7 Å². The summed E-state index contributed by atoms with van der Waals surface area (Å²) in [6.07, 6.45) is 1.67. The Balaban J connectivity index is 1.48. The molecule has 1 heterocycles. The Morgan fingerprint density at radius 3 is 2.33 bits per heavy atom. The SMILES string of the molecule is O=C1S/C(=C\c2ccc(OCc3ccccc3Cl)c(Br)c2)C(=O)N1Cc1c(Cl)cccc1Cl. The topological polar surface area (TPSA) is 46.6 Å². The molecule has 0 saturated carbocycles. The lowest BCUT2D eigenvalue weighted by Gasteiger charge is -2.14. The number of imide groups is 1. The van der Waals surface area contributed by atoms with Gasteiger partial charge in [-0.1, -0.05) is 65.1 Å². The van der Waals surface area contributed by atoms with Crippen LogP contribution in [0.15, 0.2) is 70.0 Å². The number of nitrogens with zero attached hydrogens (tertiary/aromatic N) is 1. The minimum absolute atomic E-state index is 0.0129. The van der Waals surface area contributed by atoms with Gasteiger partial charge in [0.25, 0.3) is 11.1 Å². The number of thioether (sulfide) groups is 1. The highest BCUT2D eigenvalue weighted by atomic mass is 79.9. The molecule has 33 heavy (non-hydrogen) atoms. The quantitative estimate of drug-likeness (QED) is 0.274. The van der Waals surface area contributed by atoms with Crippen molar-refractivity contribution in [2.24, 2.45) is 0 Å². The average Bonchev–Trinajstić information content (AvgIpc) is 3.04. The highest BCUT2D eigenvalue weighted by molar-refractivity contribution is 9.10. The molecule has 0 atom stereocenters. The van der Waals surface area contributed by atoms with Crippen LogP contribution in [0, 0.1) is 0 Å². The predicted molar refractivity (Wildman–Crippen MR) is 138 cm³/mol. The number of carbonyl (C=O) groups is 2. The Bertz CT molecular complexity index is 1260. The van der Waals surface area contributed by atoms with Crippen molar-refractivity contribution < 1.29 is 14.3 Å². The second-order valence-electron chi connectivity index (χ2n) is 7.04. The van der Waals surface area contributed by atoms with Gasteiger partial charge in [-0.15, -0.1) is 0 Å². The lowest BCUT2D eigenvalue weighted by Crippen LogP contribution is -2.27. The van der Waals surface area contributed by atoms with E-state index in [4.69, 9.17) is 39.5 Å². The molecule has 4 nitrogen and oxygen atoms in total. The van der Waals surface area contributed by atoms with Crippen molar-refractivity contribution in [3.05, 3.63) is 102 Å². The predicted octanol–water partition coefficient (Wildman–Crippen LogP) is 8.22. The van der Waals surface area contributed by atoms with Crippen molar-refractivity contribution in [1.29, 1.82) is 0 Å². The van der Waals surface area contributed by atoms with Crippen LogP contribution in [0.4, 0.5) is 4.79 Å². The summed E-state index contributed by atoms with van der Waals surface area (Å²) in [6.45, 7) is 0.333. The van der Waals surface area contributed by atoms with Crippen LogP contribution < -0.4 is 4.74 Å². The average molecular weight is 584 g/mol. The van der Waals surface area contributed by atoms with Crippen molar-refractivity contribution in [3.63, 3.8) is 0 Å². The van der Waals surface area contributed by atoms with Crippen molar-refractivity contribution in [2.45, 2.75) is 13.2 Å². The van der Waals surface area contributed by atoms with Gasteiger partial charge in [0.05, 0.1) is 15.9 Å². The largest absolute Gasteiger partial charge is 0.488 e. The first kappa shape index (κ1) is 24.2. The molecule has 0 aliphatic carbocycles. The van der Waals surface area contributed by atoms with Gasteiger partial charge in [-0.2, -0.15) is 0 Å². The van der Waals surface area contributed by atoms with Crippen molar-refractivity contribution in [2.75, 3.05) is 0 Å². The van der Waals surface area contributed by atoms with Crippen LogP contribution in [0.3, 0.4) is 0 Å². The molecule has 1 saturated heterocycles. The Kier molecular flexibility index (Phi) is 7.72. The van der Waals surface area contributed by atoms with Crippen molar-refractivity contribution in [3.8, 4) is 5.75 Å². The van der Waals surface area contributed by atoms with E-state index in [1.807, 2.05) is 36.4 Å². The van der Waals surface area contributed by atoms with Gasteiger partial charge in [0.2, 0.25) is 0 Å². The van der Waals surface area contributed by atoms with Crippen LogP contribution in [0.2, 0.25) is 15.1 Å². The molecule has 168 valence electrons. The highest BCUT2D eigenvalue weighted by Crippen LogP contribution is 2.36. The third kappa shape index (κ3) is 5.58. The number of ether oxygens (including phenoxy) is 1. The lowest BCUT2D eigenvalue weighted by atomic mass is 10.2. The van der Waals surface area contributed by atoms with Gasteiger partial charge in [0, 0.05) is 26.2 Å². The van der Waals surface area contributed by atoms with Crippen LogP contribution in [0.1, 0.15) is 16.7 Å². The number of carbonyl (C=O) groups excluding carboxylic acids is 2. The third-order valence-electron chi connectivity index (χ3n) is 4.85. The molecule has 1 fully saturated rings. The molecule has 0 radical (unpaired) electrons. The van der Waals surface area contributed by atoms with Crippen LogP contribution >= 0.6 is 62.5 Å². The Hall–Kier alpha value is -1.96. The first-order chi connectivity index (χ1) is 15.8. The summed E-state index contributed by atoms with van der Waals surface area (Å²) < 4.78 is 6.57. The summed E-state index contributed by atoms with van der Waals surface area (Å²) in [5.74, 6) is 0.240. The maximum atomic E-state index is 12.9. The minimum Gasteiger partial charge on any atom is -0.488 e. The summed E-state index contributed by atoms with van der Waals surface area (Å²) in [4.78, 5) is 26.8. The molecule has 1 aliphatic heterocycles. The van der Waals surface area contributed by atoms with E-state index in [1.54, 1.807) is 30.3 Å². The summed E-state index contributed by atoms with van der Waals surface area (Å²) in [6, 6.07) is 17.9. The number of amides is 2. The van der Waals surface area contributed by atoms with E-state index in [1.165, 1.54) is 0 Å². The van der Waals surface area contributed by atoms with Gasteiger partial charge in [0.1, 0.15) is 12.4 Å². The molecular formula is C24H15BrCl3NO3S. The first-order valence-electron chi connectivity index (χ1n) is 9.67. The number of halogens is 4. The summed E-state index contributed by atoms with van der Waals surface area (Å²) in [7, 11) is 0. The molecule has 3 aromatic rings. The molecule has 0 spiro atoms. The van der Waals surface area contributed by atoms with Crippen LogP contribution in [0.5, 0.6) is 5.75 Å². The molecule has 2 amide bonds. The van der Waals surface area contributed by atoms with E-state index >= 15 is 0 Å². The van der Waals surface area contributed by atoms with E-state index in [0.29, 0.717) is 42.4 Å². The van der Waals surface area contributed by atoms with Gasteiger partial charge in [0.15, 0.2) is 0 Å². The summed E-state index contributed by atoms with van der Waals surface area (Å²) in [5.41, 5.74) is 2.16. The Labute approximate surface area is 218 Å². The molecule has 1 aliphatic rings. The maximum absolute atomic E-state index is 12.9. The normalized spacial score (nSPS) is 14.9. The van der Waals surface area contributed by atoms with Gasteiger partial charge < -0.3 is 4.74 Å². The number of hydrogen-bond donors (Lipinski definition) is 0. The second kappa shape index (κ2) is 10.5. The lowest BCUT2D eigenvalue weighted by molar-refractivity contribution is -0.123. The fourth-order valence-electron chi connectivity index (χ4n) is 3.12. The molecular weight excluding hydrogens is 569 g/mol. The van der Waals surface area contributed by atoms with Crippen LogP contribution in [-0.4, -0.2) is 16.0 Å². The summed E-state index contributed by atoms with van der Waals surface area (Å²) in [5, 5.41) is 1.07. The van der Waals surface area contributed by atoms with E-state index < -0.39 is 5.91 Å². The smallest absolute Gasteiger partial charge is 0.293 e. The number of rotatable bonds is 6. The van der Waals surface area contributed by atoms with E-state index in [0.717, 1.165) is 27.8 Å². The second-order valence-corrected chi connectivity index (χ2v) is 10.1. The zero-order valence-corrected chi connectivity index (χ0v) is 21.5. The third-order valence-corrected chi connectivity index (χ3v) is 7.45. The zero-order valence-electron chi connectivity index (χ0n) is 16.9. The van der Waals surface area contributed by atoms with Crippen LogP contribution in [0.25, 0.3) is 6.08 Å². The fraction of sp³-hybridized carbons (Fsp3) is 0.0833. The molecule has 0 aromatic heterocycles. The van der Waals surface area contributed by atoms with Crippen LogP contribution in [-0.2, 0) is 17.9 Å². The van der Waals surface area contributed by atoms with Gasteiger partial charge in [-0.05, 0) is 69.7 Å². The monoisotopic (exact) mass is 581 g/mol. The molecule has 0 unspecified atom stereocenters. The number of hydrogen-bond acceptors (Lipinski definition) is 4. The van der Waals surface area contributed by atoms with Gasteiger partial charge in [-0.3, -0.25) is 14.5 Å². The standard InChI is InChI=1S/C24H15BrCl3NO3S/c25-17-10-14(8-9-21(17)32-13-15-4-1-2-5-18(15)26)11-22-23(30)29(24(31)33-22)12-16-19(27)6-3-7-20(16)28/h1-11H,12-13H2/b22-11-. The Morgan fingerprint density at radius 2 is 1.64 bits per heavy atom. The minimum atomic E-state index is -0.392. The summed E-state index contributed by atoms with van der Waals surface area (Å²) >= 11 is 22.9. The van der Waals surface area contributed by atoms with E-state index in [9.17, 15) is 9.59 Å². The number of benzene rings is 3. The van der Waals surface area contributed by atoms with E-state index in [2.05, 4.69) is 15.9 Å².